The van der Waals surface area contributed by atoms with Gasteiger partial charge in [0.2, 0.25) is 0 Å². The van der Waals surface area contributed by atoms with Crippen LogP contribution in [0.25, 0.3) is 0 Å². The van der Waals surface area contributed by atoms with Crippen LogP contribution < -0.4 is 5.73 Å². The van der Waals surface area contributed by atoms with E-state index >= 15 is 0 Å². The number of aldehydes is 1. The predicted octanol–water partition coefficient (Wildman–Crippen LogP) is 1.51. The maximum atomic E-state index is 10.1. The highest BCUT2D eigenvalue weighted by molar-refractivity contribution is 5.85. The maximum Gasteiger partial charge on any atom is 0.120 e. The first-order chi connectivity index (χ1) is 4.83. The van der Waals surface area contributed by atoms with Crippen molar-refractivity contribution in [2.24, 2.45) is 11.7 Å². The van der Waals surface area contributed by atoms with Crippen LogP contribution in [0.1, 0.15) is 32.1 Å². The van der Waals surface area contributed by atoms with Crippen LogP contribution in [-0.2, 0) is 4.79 Å². The third-order valence-electron chi connectivity index (χ3n) is 2.32. The molecule has 1 aliphatic carbocycles. The molecule has 11 heavy (non-hydrogen) atoms. The van der Waals surface area contributed by atoms with Gasteiger partial charge in [0.1, 0.15) is 6.29 Å². The van der Waals surface area contributed by atoms with E-state index in [1.165, 1.54) is 0 Å². The lowest BCUT2D eigenvalue weighted by Crippen LogP contribution is -2.26. The van der Waals surface area contributed by atoms with Crippen LogP contribution in [0, 0.1) is 5.92 Å². The zero-order valence-electron chi connectivity index (χ0n) is 6.66. The second kappa shape index (κ2) is 5.56. The van der Waals surface area contributed by atoms with Crippen molar-refractivity contribution < 1.29 is 4.79 Å². The molecule has 0 aliphatic heterocycles. The summed E-state index contributed by atoms with van der Waals surface area (Å²) in [4.78, 5) is 10.1. The molecule has 0 radical (unpaired) electrons. The monoisotopic (exact) mass is 177 g/mol. The standard InChI is InChI=1S/C8H15NO.ClH/c9-8-3-1-7(2-4-8)5-6-10;/h6-8H,1-5,9H2;1H. The van der Waals surface area contributed by atoms with E-state index in [1.54, 1.807) is 0 Å². The highest BCUT2D eigenvalue weighted by Gasteiger charge is 2.17. The van der Waals surface area contributed by atoms with Gasteiger partial charge in [-0.05, 0) is 31.6 Å². The molecule has 1 saturated carbocycles. The molecule has 66 valence electrons. The Morgan fingerprint density at radius 3 is 2.27 bits per heavy atom. The first-order valence-electron chi connectivity index (χ1n) is 4.02. The van der Waals surface area contributed by atoms with E-state index in [4.69, 9.17) is 5.73 Å². The number of rotatable bonds is 2. The van der Waals surface area contributed by atoms with Crippen molar-refractivity contribution in [3.63, 3.8) is 0 Å². The molecule has 2 nitrogen and oxygen atoms in total. The number of carbonyl (C=O) groups excluding carboxylic acids is 1. The molecule has 0 unspecified atom stereocenters. The highest BCUT2D eigenvalue weighted by Crippen LogP contribution is 2.24. The van der Waals surface area contributed by atoms with Gasteiger partial charge < -0.3 is 10.5 Å². The van der Waals surface area contributed by atoms with Crippen LogP contribution in [0.5, 0.6) is 0 Å². The van der Waals surface area contributed by atoms with Crippen LogP contribution in [0.15, 0.2) is 0 Å². The number of hydrogen-bond donors (Lipinski definition) is 1. The average molecular weight is 178 g/mol. The largest absolute Gasteiger partial charge is 0.328 e. The molecule has 0 aromatic heterocycles. The van der Waals surface area contributed by atoms with Crippen LogP contribution in [0.4, 0.5) is 0 Å². The van der Waals surface area contributed by atoms with Crippen molar-refractivity contribution in [2.75, 3.05) is 0 Å². The van der Waals surface area contributed by atoms with Gasteiger partial charge >= 0.3 is 0 Å². The van der Waals surface area contributed by atoms with Crippen LogP contribution >= 0.6 is 12.4 Å². The predicted molar refractivity (Wildman–Crippen MR) is 47.9 cm³/mol. The summed E-state index contributed by atoms with van der Waals surface area (Å²) in [6, 6.07) is 0.405. The van der Waals surface area contributed by atoms with Crippen molar-refractivity contribution in [1.29, 1.82) is 0 Å². The molecule has 1 aliphatic rings. The smallest absolute Gasteiger partial charge is 0.120 e. The number of carbonyl (C=O) groups is 1. The Balaban J connectivity index is 0.000001000. The van der Waals surface area contributed by atoms with Gasteiger partial charge in [0, 0.05) is 12.5 Å². The molecule has 0 amide bonds. The van der Waals surface area contributed by atoms with Gasteiger partial charge in [-0.25, -0.2) is 0 Å². The van der Waals surface area contributed by atoms with E-state index in [1.807, 2.05) is 0 Å². The molecular formula is C8H16ClNO. The Kier molecular flexibility index (Phi) is 5.51. The van der Waals surface area contributed by atoms with Crippen molar-refractivity contribution in [1.82, 2.24) is 0 Å². The summed E-state index contributed by atoms with van der Waals surface area (Å²) in [5, 5.41) is 0. The molecule has 3 heteroatoms. The molecule has 0 aromatic carbocycles. The molecule has 0 saturated heterocycles. The fourth-order valence-electron chi connectivity index (χ4n) is 1.56. The van der Waals surface area contributed by atoms with Crippen molar-refractivity contribution in [3.8, 4) is 0 Å². The average Bonchev–Trinajstić information content (AvgIpc) is 1.95. The first-order valence-corrected chi connectivity index (χ1v) is 4.02. The van der Waals surface area contributed by atoms with Crippen LogP contribution in [0.3, 0.4) is 0 Å². The van der Waals surface area contributed by atoms with Crippen molar-refractivity contribution in [3.05, 3.63) is 0 Å². The maximum absolute atomic E-state index is 10.1. The summed E-state index contributed by atoms with van der Waals surface area (Å²) in [6.07, 6.45) is 6.30. The molecule has 1 rings (SSSR count). The zero-order valence-corrected chi connectivity index (χ0v) is 7.48. The lowest BCUT2D eigenvalue weighted by atomic mass is 9.85. The SMILES string of the molecule is Cl.NC1CCC(CC=O)CC1. The van der Waals surface area contributed by atoms with E-state index in [2.05, 4.69) is 0 Å². The summed E-state index contributed by atoms with van der Waals surface area (Å²) in [5.74, 6) is 0.636. The van der Waals surface area contributed by atoms with E-state index in [0.717, 1.165) is 38.4 Å². The quantitative estimate of drug-likeness (QED) is 0.650. The molecule has 1 fully saturated rings. The zero-order chi connectivity index (χ0) is 7.40. The third kappa shape index (κ3) is 3.73. The van der Waals surface area contributed by atoms with Gasteiger partial charge in [0.25, 0.3) is 0 Å². The summed E-state index contributed by atoms with van der Waals surface area (Å²) < 4.78 is 0. The normalized spacial score (nSPS) is 30.6. The van der Waals surface area contributed by atoms with Gasteiger partial charge in [-0.2, -0.15) is 0 Å². The van der Waals surface area contributed by atoms with E-state index in [-0.39, 0.29) is 12.4 Å². The Hall–Kier alpha value is -0.0800. The van der Waals surface area contributed by atoms with Gasteiger partial charge in [-0.3, -0.25) is 0 Å². The minimum atomic E-state index is 0. The van der Waals surface area contributed by atoms with Gasteiger partial charge in [0.15, 0.2) is 0 Å². The summed E-state index contributed by atoms with van der Waals surface area (Å²) in [7, 11) is 0. The summed E-state index contributed by atoms with van der Waals surface area (Å²) in [6.45, 7) is 0. The molecule has 2 N–H and O–H groups in total. The Bertz CT molecular complexity index is 111. The molecule has 0 aromatic rings. The molecule has 0 bridgehead atoms. The van der Waals surface area contributed by atoms with Crippen LogP contribution in [-0.4, -0.2) is 12.3 Å². The second-order valence-electron chi connectivity index (χ2n) is 3.18. The van der Waals surface area contributed by atoms with Gasteiger partial charge in [-0.1, -0.05) is 0 Å². The topological polar surface area (TPSA) is 43.1 Å². The summed E-state index contributed by atoms with van der Waals surface area (Å²) in [5.41, 5.74) is 5.70. The third-order valence-corrected chi connectivity index (χ3v) is 2.32. The number of nitrogens with two attached hydrogens (primary N) is 1. The summed E-state index contributed by atoms with van der Waals surface area (Å²) >= 11 is 0. The van der Waals surface area contributed by atoms with Crippen LogP contribution in [0.2, 0.25) is 0 Å². The van der Waals surface area contributed by atoms with E-state index < -0.39 is 0 Å². The minimum absolute atomic E-state index is 0. The Labute approximate surface area is 73.9 Å². The first kappa shape index (κ1) is 10.9. The van der Waals surface area contributed by atoms with E-state index in [0.29, 0.717) is 12.0 Å². The number of hydrogen-bond acceptors (Lipinski definition) is 2. The Morgan fingerprint density at radius 2 is 1.82 bits per heavy atom. The van der Waals surface area contributed by atoms with Crippen molar-refractivity contribution >= 4 is 18.7 Å². The molecule has 0 spiro atoms. The molecular weight excluding hydrogens is 162 g/mol. The van der Waals surface area contributed by atoms with Crippen molar-refractivity contribution in [2.45, 2.75) is 38.1 Å². The minimum Gasteiger partial charge on any atom is -0.328 e. The second-order valence-corrected chi connectivity index (χ2v) is 3.18. The lowest BCUT2D eigenvalue weighted by molar-refractivity contribution is -0.108. The number of halogens is 1. The Morgan fingerprint density at radius 1 is 1.27 bits per heavy atom. The van der Waals surface area contributed by atoms with Gasteiger partial charge in [0.05, 0.1) is 0 Å². The fourth-order valence-corrected chi connectivity index (χ4v) is 1.56. The lowest BCUT2D eigenvalue weighted by Gasteiger charge is -2.24. The fraction of sp³-hybridized carbons (Fsp3) is 0.875. The highest BCUT2D eigenvalue weighted by atomic mass is 35.5. The van der Waals surface area contributed by atoms with E-state index in [9.17, 15) is 4.79 Å². The molecule has 0 atom stereocenters. The molecule has 0 heterocycles. The van der Waals surface area contributed by atoms with Gasteiger partial charge in [-0.15, -0.1) is 12.4 Å².